The number of carbonyl (C=O) groups excluding carboxylic acids is 1. The van der Waals surface area contributed by atoms with E-state index in [1.807, 2.05) is 77.7 Å². The molecule has 3 aromatic rings. The van der Waals surface area contributed by atoms with E-state index in [1.165, 1.54) is 0 Å². The topological polar surface area (TPSA) is 29.5 Å². The van der Waals surface area contributed by atoms with Crippen LogP contribution in [0.1, 0.15) is 17.2 Å². The Labute approximate surface area is 163 Å². The number of methoxy groups -OCH3 is 1. The average Bonchev–Trinajstić information content (AvgIpc) is 3.06. The number of hydrogen-bond donors (Lipinski definition) is 0. The van der Waals surface area contributed by atoms with Crippen LogP contribution in [-0.2, 0) is 4.79 Å². The van der Waals surface area contributed by atoms with Crippen molar-refractivity contribution in [2.75, 3.05) is 12.0 Å². The lowest BCUT2D eigenvalue weighted by Gasteiger charge is -2.25. The predicted molar refractivity (Wildman–Crippen MR) is 109 cm³/mol. The molecule has 134 valence electrons. The SMILES string of the molecule is COc1ccc(C2=CC(c3ccccc3)N(c3ccc(Cl)cc3)C2=O)cc1. The minimum atomic E-state index is -0.169. The number of halogens is 1. The lowest BCUT2D eigenvalue weighted by molar-refractivity contribution is -0.113. The highest BCUT2D eigenvalue weighted by Gasteiger charge is 2.35. The minimum absolute atomic E-state index is 0.0312. The number of rotatable bonds is 4. The largest absolute Gasteiger partial charge is 0.497 e. The van der Waals surface area contributed by atoms with Crippen LogP contribution in [0.4, 0.5) is 5.69 Å². The molecule has 0 aromatic heterocycles. The van der Waals surface area contributed by atoms with E-state index in [0.29, 0.717) is 10.6 Å². The van der Waals surface area contributed by atoms with Crippen LogP contribution in [0.3, 0.4) is 0 Å². The van der Waals surface area contributed by atoms with E-state index in [2.05, 4.69) is 0 Å². The molecule has 0 saturated heterocycles. The maximum absolute atomic E-state index is 13.3. The van der Waals surface area contributed by atoms with Crippen LogP contribution in [0.25, 0.3) is 5.57 Å². The van der Waals surface area contributed by atoms with E-state index < -0.39 is 0 Å². The number of amides is 1. The standard InChI is InChI=1S/C23H18ClNO2/c1-27-20-13-7-16(8-14-20)21-15-22(17-5-3-2-4-6-17)25(23(21)26)19-11-9-18(24)10-12-19/h2-15,22H,1H3. The van der Waals surface area contributed by atoms with Gasteiger partial charge in [0.1, 0.15) is 5.75 Å². The summed E-state index contributed by atoms with van der Waals surface area (Å²) in [6.45, 7) is 0. The molecule has 1 heterocycles. The van der Waals surface area contributed by atoms with Crippen molar-refractivity contribution >= 4 is 28.8 Å². The Morgan fingerprint density at radius 2 is 1.56 bits per heavy atom. The van der Waals surface area contributed by atoms with E-state index >= 15 is 0 Å². The number of hydrogen-bond acceptors (Lipinski definition) is 2. The van der Waals surface area contributed by atoms with Crippen molar-refractivity contribution in [2.24, 2.45) is 0 Å². The molecule has 0 bridgehead atoms. The van der Waals surface area contributed by atoms with Crippen molar-refractivity contribution in [3.8, 4) is 5.75 Å². The molecule has 4 heteroatoms. The zero-order chi connectivity index (χ0) is 18.8. The Balaban J connectivity index is 1.78. The summed E-state index contributed by atoms with van der Waals surface area (Å²) < 4.78 is 5.22. The van der Waals surface area contributed by atoms with Crippen LogP contribution < -0.4 is 9.64 Å². The zero-order valence-corrected chi connectivity index (χ0v) is 15.6. The molecule has 4 rings (SSSR count). The summed E-state index contributed by atoms with van der Waals surface area (Å²) in [6, 6.07) is 24.8. The smallest absolute Gasteiger partial charge is 0.259 e. The van der Waals surface area contributed by atoms with E-state index in [0.717, 1.165) is 22.6 Å². The van der Waals surface area contributed by atoms with Gasteiger partial charge in [-0.3, -0.25) is 9.69 Å². The second-order valence-electron chi connectivity index (χ2n) is 6.32. The second kappa shape index (κ2) is 7.29. The van der Waals surface area contributed by atoms with E-state index in [9.17, 15) is 4.79 Å². The Kier molecular flexibility index (Phi) is 4.69. The molecule has 0 fully saturated rings. The van der Waals surface area contributed by atoms with Gasteiger partial charge in [0.25, 0.3) is 5.91 Å². The molecule has 0 saturated carbocycles. The van der Waals surface area contributed by atoms with Gasteiger partial charge in [0.15, 0.2) is 0 Å². The fourth-order valence-corrected chi connectivity index (χ4v) is 3.45. The van der Waals surface area contributed by atoms with Crippen molar-refractivity contribution in [1.29, 1.82) is 0 Å². The molecule has 0 spiro atoms. The number of benzene rings is 3. The highest BCUT2D eigenvalue weighted by molar-refractivity contribution is 6.31. The van der Waals surface area contributed by atoms with Crippen LogP contribution in [0, 0.1) is 0 Å². The first kappa shape index (κ1) is 17.4. The normalized spacial score (nSPS) is 16.4. The highest BCUT2D eigenvalue weighted by atomic mass is 35.5. The molecule has 1 amide bonds. The van der Waals surface area contributed by atoms with Crippen LogP contribution in [0.15, 0.2) is 84.9 Å². The number of anilines is 1. The summed E-state index contributed by atoms with van der Waals surface area (Å²) in [5.74, 6) is 0.732. The first-order valence-electron chi connectivity index (χ1n) is 8.67. The van der Waals surface area contributed by atoms with Crippen molar-refractivity contribution < 1.29 is 9.53 Å². The number of ether oxygens (including phenoxy) is 1. The average molecular weight is 376 g/mol. The maximum atomic E-state index is 13.3. The summed E-state index contributed by atoms with van der Waals surface area (Å²) in [6.07, 6.45) is 2.02. The molecule has 1 aliphatic rings. The summed E-state index contributed by atoms with van der Waals surface area (Å²) in [7, 11) is 1.63. The fourth-order valence-electron chi connectivity index (χ4n) is 3.33. The zero-order valence-electron chi connectivity index (χ0n) is 14.8. The lowest BCUT2D eigenvalue weighted by Crippen LogP contribution is -2.29. The Bertz CT molecular complexity index is 979. The van der Waals surface area contributed by atoms with Gasteiger partial charge >= 0.3 is 0 Å². The molecule has 1 unspecified atom stereocenters. The van der Waals surface area contributed by atoms with Crippen molar-refractivity contribution in [3.05, 3.63) is 101 Å². The van der Waals surface area contributed by atoms with Gasteiger partial charge in [0.2, 0.25) is 0 Å². The molecule has 0 aliphatic carbocycles. The van der Waals surface area contributed by atoms with Crippen LogP contribution in [0.5, 0.6) is 5.75 Å². The van der Waals surface area contributed by atoms with Crippen LogP contribution in [0.2, 0.25) is 5.02 Å². The van der Waals surface area contributed by atoms with Gasteiger partial charge in [0, 0.05) is 16.3 Å². The van der Waals surface area contributed by atoms with Gasteiger partial charge in [-0.15, -0.1) is 0 Å². The third-order valence-corrected chi connectivity index (χ3v) is 4.95. The summed E-state index contributed by atoms with van der Waals surface area (Å²) in [5, 5.41) is 0.644. The van der Waals surface area contributed by atoms with Gasteiger partial charge in [-0.05, 0) is 53.6 Å². The first-order chi connectivity index (χ1) is 13.2. The fraction of sp³-hybridized carbons (Fsp3) is 0.0870. The quantitative estimate of drug-likeness (QED) is 0.600. The van der Waals surface area contributed by atoms with Gasteiger partial charge in [0.05, 0.1) is 13.2 Å². The Morgan fingerprint density at radius 1 is 0.889 bits per heavy atom. The third-order valence-electron chi connectivity index (χ3n) is 4.70. The van der Waals surface area contributed by atoms with Crippen LogP contribution in [-0.4, -0.2) is 13.0 Å². The summed E-state index contributed by atoms with van der Waals surface area (Å²) >= 11 is 6.03. The second-order valence-corrected chi connectivity index (χ2v) is 6.75. The summed E-state index contributed by atoms with van der Waals surface area (Å²) in [5.41, 5.74) is 3.43. The maximum Gasteiger partial charge on any atom is 0.259 e. The first-order valence-corrected chi connectivity index (χ1v) is 9.05. The van der Waals surface area contributed by atoms with Crippen molar-refractivity contribution in [3.63, 3.8) is 0 Å². The van der Waals surface area contributed by atoms with E-state index in [-0.39, 0.29) is 11.9 Å². The van der Waals surface area contributed by atoms with E-state index in [1.54, 1.807) is 19.2 Å². The minimum Gasteiger partial charge on any atom is -0.497 e. The predicted octanol–water partition coefficient (Wildman–Crippen LogP) is 5.52. The molecular formula is C23H18ClNO2. The molecule has 3 aromatic carbocycles. The monoisotopic (exact) mass is 375 g/mol. The lowest BCUT2D eigenvalue weighted by atomic mass is 10.0. The van der Waals surface area contributed by atoms with Crippen LogP contribution >= 0.6 is 11.6 Å². The van der Waals surface area contributed by atoms with Gasteiger partial charge in [-0.1, -0.05) is 54.1 Å². The molecular weight excluding hydrogens is 358 g/mol. The molecule has 0 N–H and O–H groups in total. The van der Waals surface area contributed by atoms with Gasteiger partial charge in [-0.2, -0.15) is 0 Å². The van der Waals surface area contributed by atoms with Crippen molar-refractivity contribution in [2.45, 2.75) is 6.04 Å². The molecule has 1 atom stereocenters. The molecule has 1 aliphatic heterocycles. The highest BCUT2D eigenvalue weighted by Crippen LogP contribution is 2.39. The Hall–Kier alpha value is -3.04. The third kappa shape index (κ3) is 3.34. The number of nitrogens with zero attached hydrogens (tertiary/aromatic N) is 1. The van der Waals surface area contributed by atoms with E-state index in [4.69, 9.17) is 16.3 Å². The van der Waals surface area contributed by atoms with Gasteiger partial charge in [-0.25, -0.2) is 0 Å². The molecule has 3 nitrogen and oxygen atoms in total. The summed E-state index contributed by atoms with van der Waals surface area (Å²) in [4.78, 5) is 15.1. The van der Waals surface area contributed by atoms with Crippen molar-refractivity contribution in [1.82, 2.24) is 0 Å². The number of carbonyl (C=O) groups is 1. The Morgan fingerprint density at radius 3 is 2.19 bits per heavy atom. The molecule has 27 heavy (non-hydrogen) atoms. The van der Waals surface area contributed by atoms with Gasteiger partial charge < -0.3 is 4.74 Å². The molecule has 0 radical (unpaired) electrons.